The Morgan fingerprint density at radius 1 is 1.13 bits per heavy atom. The minimum absolute atomic E-state index is 0.112. The van der Waals surface area contributed by atoms with Crippen LogP contribution in [0.1, 0.15) is 18.5 Å². The van der Waals surface area contributed by atoms with E-state index in [-0.39, 0.29) is 18.8 Å². The van der Waals surface area contributed by atoms with Gasteiger partial charge in [0.25, 0.3) is 0 Å². The molecule has 1 aliphatic rings. The van der Waals surface area contributed by atoms with Gasteiger partial charge in [0.05, 0.1) is 28.9 Å². The molecule has 1 aliphatic heterocycles. The lowest BCUT2D eigenvalue weighted by molar-refractivity contribution is -0.139. The van der Waals surface area contributed by atoms with Crippen molar-refractivity contribution in [2.24, 2.45) is 0 Å². The van der Waals surface area contributed by atoms with E-state index in [0.717, 1.165) is 0 Å². The monoisotopic (exact) mass is 468 g/mol. The molecule has 2 aromatic carbocycles. The summed E-state index contributed by atoms with van der Waals surface area (Å²) >= 11 is 18.5. The Kier molecular flexibility index (Phi) is 7.13. The zero-order chi connectivity index (χ0) is 21.8. The van der Waals surface area contributed by atoms with E-state index in [1.807, 2.05) is 0 Å². The molecule has 3 rings (SSSR count). The van der Waals surface area contributed by atoms with Crippen LogP contribution in [-0.4, -0.2) is 37.2 Å². The lowest BCUT2D eigenvalue weighted by atomic mass is 9.94. The zero-order valence-electron chi connectivity index (χ0n) is 16.2. The summed E-state index contributed by atoms with van der Waals surface area (Å²) in [5.74, 6) is -0.251. The maximum Gasteiger partial charge on any atom is 0.338 e. The van der Waals surface area contributed by atoms with Gasteiger partial charge >= 0.3 is 12.0 Å². The van der Waals surface area contributed by atoms with Crippen molar-refractivity contribution >= 4 is 46.8 Å². The van der Waals surface area contributed by atoms with Crippen molar-refractivity contribution < 1.29 is 19.1 Å². The minimum atomic E-state index is -0.796. The number of likely N-dealkylation sites (N-methyl/N-ethyl adjacent to an activating group) is 1. The second-order valence-corrected chi connectivity index (χ2v) is 7.66. The van der Waals surface area contributed by atoms with E-state index in [4.69, 9.17) is 44.3 Å². The van der Waals surface area contributed by atoms with E-state index in [1.54, 1.807) is 49.4 Å². The quantitative estimate of drug-likeness (QED) is 0.588. The third-order valence-corrected chi connectivity index (χ3v) is 5.44. The number of nitrogens with zero attached hydrogens (tertiary/aromatic N) is 1. The van der Waals surface area contributed by atoms with Crippen LogP contribution in [-0.2, 0) is 9.53 Å². The number of rotatable bonds is 6. The van der Waals surface area contributed by atoms with Crippen molar-refractivity contribution in [3.8, 4) is 5.75 Å². The highest BCUT2D eigenvalue weighted by Gasteiger charge is 2.37. The molecule has 6 nitrogen and oxygen atoms in total. The molecule has 1 atom stereocenters. The number of hydrogen-bond donors (Lipinski definition) is 1. The fourth-order valence-corrected chi connectivity index (χ4v) is 3.64. The van der Waals surface area contributed by atoms with Gasteiger partial charge in [0.2, 0.25) is 0 Å². The molecule has 0 saturated heterocycles. The van der Waals surface area contributed by atoms with Crippen LogP contribution in [0, 0.1) is 0 Å². The Bertz CT molecular complexity index is 1010. The van der Waals surface area contributed by atoms with Gasteiger partial charge in [-0.05, 0) is 30.7 Å². The largest absolute Gasteiger partial charge is 0.486 e. The lowest BCUT2D eigenvalue weighted by Gasteiger charge is -2.34. The molecule has 0 aromatic heterocycles. The molecule has 1 unspecified atom stereocenters. The number of nitrogens with one attached hydrogen (secondary N) is 1. The average Bonchev–Trinajstić information content (AvgIpc) is 2.71. The van der Waals surface area contributed by atoms with Crippen molar-refractivity contribution in [3.63, 3.8) is 0 Å². The Morgan fingerprint density at radius 2 is 1.87 bits per heavy atom. The highest BCUT2D eigenvalue weighted by atomic mass is 35.5. The number of carbonyl (C=O) groups excluding carboxylic acids is 2. The van der Waals surface area contributed by atoms with Gasteiger partial charge in [-0.25, -0.2) is 9.59 Å². The van der Waals surface area contributed by atoms with Crippen LogP contribution < -0.4 is 10.1 Å². The van der Waals surface area contributed by atoms with Crippen LogP contribution >= 0.6 is 34.8 Å². The normalized spacial score (nSPS) is 16.4. The van der Waals surface area contributed by atoms with E-state index < -0.39 is 18.0 Å². The van der Waals surface area contributed by atoms with Crippen molar-refractivity contribution in [2.75, 3.05) is 20.3 Å². The summed E-state index contributed by atoms with van der Waals surface area (Å²) in [4.78, 5) is 26.8. The fraction of sp³-hybridized carbons (Fsp3) is 0.238. The molecular formula is C21H19Cl3N2O4. The van der Waals surface area contributed by atoms with E-state index >= 15 is 0 Å². The van der Waals surface area contributed by atoms with Crippen molar-refractivity contribution in [3.05, 3.63) is 74.4 Å². The van der Waals surface area contributed by atoms with Crippen LogP contribution in [0.25, 0.3) is 0 Å². The molecule has 30 heavy (non-hydrogen) atoms. The maximum absolute atomic E-state index is 12.9. The molecule has 1 N–H and O–H groups in total. The first-order valence-electron chi connectivity index (χ1n) is 9.10. The number of carbonyl (C=O) groups is 2. The first-order chi connectivity index (χ1) is 14.3. The molecule has 0 fully saturated rings. The summed E-state index contributed by atoms with van der Waals surface area (Å²) in [5.41, 5.74) is 1.13. The summed E-state index contributed by atoms with van der Waals surface area (Å²) in [6.07, 6.45) is 0. The molecule has 0 saturated carbocycles. The molecule has 0 aliphatic carbocycles. The smallest absolute Gasteiger partial charge is 0.338 e. The first kappa shape index (κ1) is 22.3. The van der Waals surface area contributed by atoms with Crippen LogP contribution in [0.15, 0.2) is 53.7 Å². The molecule has 158 valence electrons. The summed E-state index contributed by atoms with van der Waals surface area (Å²) in [6.45, 7) is 1.76. The van der Waals surface area contributed by atoms with Gasteiger partial charge in [0.1, 0.15) is 12.4 Å². The average molecular weight is 470 g/mol. The van der Waals surface area contributed by atoms with Gasteiger partial charge in [0.15, 0.2) is 0 Å². The van der Waals surface area contributed by atoms with Crippen LogP contribution in [0.5, 0.6) is 5.75 Å². The Hall–Kier alpha value is -2.41. The number of hydrogen-bond acceptors (Lipinski definition) is 4. The molecule has 0 spiro atoms. The number of benzene rings is 2. The summed E-state index contributed by atoms with van der Waals surface area (Å²) < 4.78 is 11.1. The van der Waals surface area contributed by atoms with Gasteiger partial charge in [-0.1, -0.05) is 53.0 Å². The van der Waals surface area contributed by atoms with Crippen molar-refractivity contribution in [1.29, 1.82) is 0 Å². The second-order valence-electron chi connectivity index (χ2n) is 6.41. The van der Waals surface area contributed by atoms with Crippen molar-refractivity contribution in [2.45, 2.75) is 13.0 Å². The topological polar surface area (TPSA) is 67.9 Å². The molecule has 2 aromatic rings. The minimum Gasteiger partial charge on any atom is -0.486 e. The first-order valence-corrected chi connectivity index (χ1v) is 10.2. The number of ether oxygens (including phenoxy) is 2. The number of halogens is 3. The van der Waals surface area contributed by atoms with Gasteiger partial charge in [-0.15, -0.1) is 0 Å². The molecule has 9 heteroatoms. The predicted molar refractivity (Wildman–Crippen MR) is 116 cm³/mol. The number of urea groups is 1. The molecule has 1 heterocycles. The molecule has 0 radical (unpaired) electrons. The standard InChI is InChI=1S/C21H19Cl3N2O4/c1-3-29-20(27)18-16(11-30-17-10-12(22)8-9-15(17)24)26(2)21(28)25-19(18)13-6-4-5-7-14(13)23/h4-10,19H,3,11H2,1-2H3,(H,25,28). The third kappa shape index (κ3) is 4.67. The number of amides is 2. The Morgan fingerprint density at radius 3 is 2.57 bits per heavy atom. The summed E-state index contributed by atoms with van der Waals surface area (Å²) in [6, 6.07) is 10.5. The van der Waals surface area contributed by atoms with Gasteiger partial charge in [-0.3, -0.25) is 4.90 Å². The molecule has 2 amide bonds. The van der Waals surface area contributed by atoms with Crippen LogP contribution in [0.2, 0.25) is 15.1 Å². The van der Waals surface area contributed by atoms with E-state index in [1.165, 1.54) is 11.9 Å². The number of esters is 1. The highest BCUT2D eigenvalue weighted by molar-refractivity contribution is 6.34. The van der Waals surface area contributed by atoms with E-state index in [0.29, 0.717) is 32.1 Å². The van der Waals surface area contributed by atoms with Crippen molar-refractivity contribution in [1.82, 2.24) is 10.2 Å². The van der Waals surface area contributed by atoms with E-state index in [2.05, 4.69) is 5.32 Å². The Balaban J connectivity index is 2.07. The summed E-state index contributed by atoms with van der Waals surface area (Å²) in [7, 11) is 1.54. The zero-order valence-corrected chi connectivity index (χ0v) is 18.5. The fourth-order valence-electron chi connectivity index (χ4n) is 3.06. The second kappa shape index (κ2) is 9.60. The summed E-state index contributed by atoms with van der Waals surface area (Å²) in [5, 5.41) is 4.00. The van der Waals surface area contributed by atoms with Gasteiger partial charge in [0, 0.05) is 23.2 Å². The van der Waals surface area contributed by atoms with Gasteiger partial charge < -0.3 is 14.8 Å². The van der Waals surface area contributed by atoms with Crippen LogP contribution in [0.4, 0.5) is 4.79 Å². The molecular weight excluding hydrogens is 451 g/mol. The van der Waals surface area contributed by atoms with Crippen LogP contribution in [0.3, 0.4) is 0 Å². The SMILES string of the molecule is CCOC(=O)C1=C(COc2cc(Cl)ccc2Cl)N(C)C(=O)NC1c1ccccc1Cl. The third-order valence-electron chi connectivity index (χ3n) is 4.55. The maximum atomic E-state index is 12.9. The van der Waals surface area contributed by atoms with E-state index in [9.17, 15) is 9.59 Å². The van der Waals surface area contributed by atoms with Gasteiger partial charge in [-0.2, -0.15) is 0 Å². The highest BCUT2D eigenvalue weighted by Crippen LogP contribution is 2.35. The molecule has 0 bridgehead atoms. The lowest BCUT2D eigenvalue weighted by Crippen LogP contribution is -2.48. The Labute approximate surface area is 189 Å². The predicted octanol–water partition coefficient (Wildman–Crippen LogP) is 5.24.